The second-order valence-electron chi connectivity index (χ2n) is 33.7. The summed E-state index contributed by atoms with van der Waals surface area (Å²) in [4.78, 5) is 90.4. The Morgan fingerprint density at radius 3 is 1.14 bits per heavy atom. The lowest BCUT2D eigenvalue weighted by Gasteiger charge is -2.51. The molecule has 34 N–H and O–H groups in total. The van der Waals surface area contributed by atoms with Gasteiger partial charge in [-0.25, -0.2) is 4.79 Å². The SMILES string of the molecule is CC(=O)N[C@H]1[C@H](OC[C@H]2O[C@@H](O[C@H]3[C@H](O)[C@@H](NC(C)=O)[C@H](O[C@@H]([C@@H](O)[C@H](O)CO[C@]4(C(=O)O)C[C@H](O)[C@@H](NC(C)=O)[C@H]([C@H](O)[C@H](O)CO)O4)[C@H](CO)NC(C)=O)O[C@@H]3CO)[C@H](O)[C@@H](O[C@@H]3O[C@H](CO)[C@@H](O[C@@H]4O[C@H](CO[C@@H]5O[C@@H](C)[C@@H](O)[C@@H](O)[C@@H]5O)[C@H](O)[C@H](O[C@H]5O[C@H](CO)[C@H](O)[C@H](O)[C@H]5NC(C)=O)[C@H]4O)[C@H](O)[C@H]3NC(C)=O)[C@H]2O)O[C@H](CO)[C@@H](O[C@@H]2O[C@H](CO)[C@H](O)[C@H](O)[C@H]2O)[C@@H]1O. The van der Waals surface area contributed by atoms with Crippen LogP contribution in [0.15, 0.2) is 0 Å². The Labute approximate surface area is 759 Å². The van der Waals surface area contributed by atoms with Crippen LogP contribution < -0.4 is 31.9 Å². The third kappa shape index (κ3) is 26.1. The lowest BCUT2D eigenvalue weighted by atomic mass is 9.88. The lowest BCUT2D eigenvalue weighted by molar-refractivity contribution is -0.388. The number of aliphatic hydroxyl groups excluding tert-OH is 27. The van der Waals surface area contributed by atoms with E-state index in [-0.39, 0.29) is 0 Å². The molecule has 0 unspecified atom stereocenters. The summed E-state index contributed by atoms with van der Waals surface area (Å²) in [5, 5.41) is 328. The maximum atomic E-state index is 13.5. The standard InChI is InChI=1S/C75H126N6O53/c1-19-42(98)53(109)55(111)70(120-19)118-18-36-48(104)64(132-67-38(78-22(4)91)49(105)45(101)30(11-84)121-67)57(113)73(127-36)131-62-34(15-88)125-69(41(52(62)108)81-25(7)94)133-65-47(103)35(17-117-66-39(79-23(5)92)50(106)60(32(13-86)123-66)129-71-56(112)54(110)46(102)31(12-85)122-71)126-72(58(65)114)130-61-33(14-87)124-68(40(51(61)107)80-24(6)93)128-59(26(9-82)76-20(2)89)44(100)29(97)16-119-75(74(115)116)8-27(95)37(77-21(3)90)63(134-75)43(99)28(96)10-83/h19,26-73,82-88,95-114H,8-18H2,1-7H3,(H,76,89)(H,77,90)(H,78,91)(H,79,92)(H,80,93)(H,81,94)(H,115,116)/t19-,26-,27-,28+,29+,30+,31+,32+,33+,34+,35+,36+,37+,38+,39+,40+,41+,42+,43+,44-,45-,46-,47-,48-,49+,50+,51+,52+,53+,54-,55-,56+,57+,58+,59+,60+,61+,62+,63+,64-,65-,66+,67+,68-,69-,70+,71-,72-,73-,75+/m0/s1. The van der Waals surface area contributed by atoms with Gasteiger partial charge in [-0.3, -0.25) is 28.8 Å². The summed E-state index contributed by atoms with van der Waals surface area (Å²) in [5.41, 5.74) is 0. The van der Waals surface area contributed by atoms with Gasteiger partial charge in [0, 0.05) is 48.0 Å². The number of rotatable bonds is 40. The highest BCUT2D eigenvalue weighted by Gasteiger charge is 2.62. The summed E-state index contributed by atoms with van der Waals surface area (Å²) in [5.74, 6) is -11.2. The van der Waals surface area contributed by atoms with Crippen LogP contribution in [0, 0.1) is 0 Å². The quantitative estimate of drug-likeness (QED) is 0.0271. The monoisotopic (exact) mass is 1960 g/mol. The molecule has 9 aliphatic rings. The lowest BCUT2D eigenvalue weighted by Crippen LogP contribution is -2.71. The zero-order valence-corrected chi connectivity index (χ0v) is 72.8. The maximum Gasteiger partial charge on any atom is 0.364 e. The van der Waals surface area contributed by atoms with Crippen LogP contribution in [0.5, 0.6) is 0 Å². The number of carbonyl (C=O) groups is 7. The van der Waals surface area contributed by atoms with E-state index in [0.29, 0.717) is 0 Å². The molecular weight excluding hydrogens is 1830 g/mol. The molecule has 0 radical (unpaired) electrons. The molecule has 0 aromatic rings. The predicted octanol–water partition coefficient (Wildman–Crippen LogP) is -22.1. The van der Waals surface area contributed by atoms with Crippen molar-refractivity contribution in [1.82, 2.24) is 31.9 Å². The van der Waals surface area contributed by atoms with E-state index in [1.165, 1.54) is 6.92 Å². The smallest absolute Gasteiger partial charge is 0.364 e. The Bertz CT molecular complexity index is 3740. The Kier molecular flexibility index (Phi) is 41.2. The first kappa shape index (κ1) is 112. The molecule has 0 aliphatic carbocycles. The van der Waals surface area contributed by atoms with Gasteiger partial charge >= 0.3 is 5.97 Å². The molecule has 9 heterocycles. The second-order valence-corrected chi connectivity index (χ2v) is 33.7. The van der Waals surface area contributed by atoms with E-state index >= 15 is 0 Å². The minimum atomic E-state index is -3.19. The average molecular weight is 1960 g/mol. The molecule has 134 heavy (non-hydrogen) atoms. The number of ether oxygens (including phenoxy) is 18. The van der Waals surface area contributed by atoms with Crippen molar-refractivity contribution in [2.24, 2.45) is 0 Å². The fraction of sp³-hybridized carbons (Fsp3) is 0.907. The molecule has 0 aromatic carbocycles. The van der Waals surface area contributed by atoms with Gasteiger partial charge in [0.1, 0.15) is 226 Å². The highest BCUT2D eigenvalue weighted by atomic mass is 16.8. The fourth-order valence-electron chi connectivity index (χ4n) is 16.8. The number of aliphatic hydroxyl groups is 27. The molecule has 59 nitrogen and oxygen atoms in total. The Morgan fingerprint density at radius 2 is 0.716 bits per heavy atom. The number of carbonyl (C=O) groups excluding carboxylic acids is 6. The van der Waals surface area contributed by atoms with Crippen LogP contribution in [0.2, 0.25) is 0 Å². The van der Waals surface area contributed by atoms with Crippen molar-refractivity contribution in [3.63, 3.8) is 0 Å². The minimum absolute atomic E-state index is 0.848. The average Bonchev–Trinajstić information content (AvgIpc) is 0.765. The van der Waals surface area contributed by atoms with Crippen molar-refractivity contribution in [2.75, 3.05) is 66.1 Å². The van der Waals surface area contributed by atoms with E-state index in [1.54, 1.807) is 0 Å². The molecule has 0 spiro atoms. The molecular formula is C75H126N6O53. The molecule has 9 fully saturated rings. The first-order valence-electron chi connectivity index (χ1n) is 42.5. The molecule has 9 rings (SSSR count). The zero-order valence-electron chi connectivity index (χ0n) is 72.8. The van der Waals surface area contributed by atoms with Crippen LogP contribution in [0.4, 0.5) is 0 Å². The molecule has 9 aliphatic heterocycles. The normalized spacial score (nSPS) is 44.2. The van der Waals surface area contributed by atoms with E-state index in [2.05, 4.69) is 31.9 Å². The summed E-state index contributed by atoms with van der Waals surface area (Å²) >= 11 is 0. The van der Waals surface area contributed by atoms with Gasteiger partial charge in [-0.1, -0.05) is 0 Å². The molecule has 59 heteroatoms. The van der Waals surface area contributed by atoms with Crippen molar-refractivity contribution in [2.45, 2.75) is 361 Å². The zero-order chi connectivity index (χ0) is 99.6. The number of nitrogens with one attached hydrogen (secondary N) is 6. The largest absolute Gasteiger partial charge is 0.477 e. The summed E-state index contributed by atoms with van der Waals surface area (Å²) < 4.78 is 107. The molecule has 774 valence electrons. The van der Waals surface area contributed by atoms with Crippen molar-refractivity contribution in [3.05, 3.63) is 0 Å². The molecule has 6 amide bonds. The number of aliphatic carboxylic acids is 1. The summed E-state index contributed by atoms with van der Waals surface area (Å²) in [7, 11) is 0. The van der Waals surface area contributed by atoms with Gasteiger partial charge in [0.25, 0.3) is 5.79 Å². The van der Waals surface area contributed by atoms with Crippen molar-refractivity contribution >= 4 is 41.4 Å². The first-order valence-corrected chi connectivity index (χ1v) is 42.5. The van der Waals surface area contributed by atoms with Gasteiger partial charge in [0.05, 0.1) is 90.4 Å². The number of carboxylic acids is 1. The second kappa shape index (κ2) is 49.3. The van der Waals surface area contributed by atoms with Gasteiger partial charge in [-0.15, -0.1) is 0 Å². The Hall–Kier alpha value is -5.51. The van der Waals surface area contributed by atoms with Gasteiger partial charge in [-0.05, 0) is 6.92 Å². The topological polar surface area (TPSA) is 924 Å². The molecule has 0 aromatic heterocycles. The number of carboxylic acid groups (broad SMARTS) is 1. The van der Waals surface area contributed by atoms with E-state index in [0.717, 1.165) is 41.5 Å². The van der Waals surface area contributed by atoms with E-state index < -0.39 is 420 Å². The molecule has 0 saturated carbocycles. The van der Waals surface area contributed by atoms with Crippen molar-refractivity contribution < 1.29 is 262 Å². The summed E-state index contributed by atoms with van der Waals surface area (Å²) in [6.45, 7) is -5.12. The Balaban J connectivity index is 1.05. The van der Waals surface area contributed by atoms with Crippen LogP contribution in [0.1, 0.15) is 54.9 Å². The number of hydrogen-bond acceptors (Lipinski definition) is 52. The van der Waals surface area contributed by atoms with Crippen LogP contribution in [0.25, 0.3) is 0 Å². The summed E-state index contributed by atoms with van der Waals surface area (Å²) in [6.07, 6.45) is -93.1. The molecule has 50 atom stereocenters. The van der Waals surface area contributed by atoms with Crippen LogP contribution >= 0.6 is 0 Å². The van der Waals surface area contributed by atoms with Crippen molar-refractivity contribution in [3.8, 4) is 0 Å². The number of hydrogen-bond donors (Lipinski definition) is 34. The first-order chi connectivity index (χ1) is 63.1. The van der Waals surface area contributed by atoms with Crippen LogP contribution in [-0.4, -0.2) is 556 Å². The molecule has 0 bridgehead atoms. The van der Waals surface area contributed by atoms with Crippen LogP contribution in [0.3, 0.4) is 0 Å². The van der Waals surface area contributed by atoms with Crippen molar-refractivity contribution in [1.29, 1.82) is 0 Å². The minimum Gasteiger partial charge on any atom is -0.477 e. The number of amides is 6. The Morgan fingerprint density at radius 1 is 0.358 bits per heavy atom. The third-order valence-electron chi connectivity index (χ3n) is 23.8. The highest BCUT2D eigenvalue weighted by Crippen LogP contribution is 2.41. The van der Waals surface area contributed by atoms with E-state index in [9.17, 15) is 177 Å². The maximum absolute atomic E-state index is 13.5. The van der Waals surface area contributed by atoms with Crippen LogP contribution in [-0.2, 0) is 119 Å². The predicted molar refractivity (Wildman–Crippen MR) is 417 cm³/mol. The fourth-order valence-corrected chi connectivity index (χ4v) is 16.8. The summed E-state index contributed by atoms with van der Waals surface area (Å²) in [6, 6.07) is -11.7. The van der Waals surface area contributed by atoms with E-state index in [1.807, 2.05) is 0 Å². The highest BCUT2D eigenvalue weighted by molar-refractivity contribution is 5.77. The van der Waals surface area contributed by atoms with E-state index in [4.69, 9.17) is 85.3 Å². The molecule has 9 saturated heterocycles. The van der Waals surface area contributed by atoms with Gasteiger partial charge in [-0.2, -0.15) is 0 Å². The van der Waals surface area contributed by atoms with Gasteiger partial charge in [0.2, 0.25) is 35.4 Å². The van der Waals surface area contributed by atoms with Gasteiger partial charge < -0.3 is 260 Å². The van der Waals surface area contributed by atoms with Gasteiger partial charge in [0.15, 0.2) is 50.3 Å². The third-order valence-corrected chi connectivity index (χ3v) is 23.8.